The van der Waals surface area contributed by atoms with Crippen LogP contribution in [0.3, 0.4) is 0 Å². The molecule has 1 rings (SSSR count). The zero-order chi connectivity index (χ0) is 12.7. The highest BCUT2D eigenvalue weighted by Crippen LogP contribution is 2.15. The Bertz CT molecular complexity index is 354. The van der Waals surface area contributed by atoms with E-state index in [1.54, 1.807) is 24.3 Å². The Kier molecular flexibility index (Phi) is 6.16. The van der Waals surface area contributed by atoms with Gasteiger partial charge in [-0.05, 0) is 30.2 Å². The van der Waals surface area contributed by atoms with Crippen LogP contribution in [0.5, 0.6) is 5.75 Å². The van der Waals surface area contributed by atoms with Crippen LogP contribution in [0.15, 0.2) is 24.3 Å². The number of halogens is 2. The van der Waals surface area contributed by atoms with Gasteiger partial charge in [0.25, 0.3) is 5.91 Å². The van der Waals surface area contributed by atoms with Crippen LogP contribution in [-0.2, 0) is 4.79 Å². The Hall–Kier alpha value is -0.930. The summed E-state index contributed by atoms with van der Waals surface area (Å²) >= 11 is 11.4. The number of rotatable bonds is 6. The minimum Gasteiger partial charge on any atom is -0.484 e. The summed E-state index contributed by atoms with van der Waals surface area (Å²) in [5.74, 6) is 1.25. The van der Waals surface area contributed by atoms with Gasteiger partial charge in [0, 0.05) is 17.4 Å². The van der Waals surface area contributed by atoms with Gasteiger partial charge in [-0.2, -0.15) is 0 Å². The third-order valence-electron chi connectivity index (χ3n) is 2.09. The molecule has 3 nitrogen and oxygen atoms in total. The number of ether oxygens (including phenoxy) is 1. The van der Waals surface area contributed by atoms with E-state index in [2.05, 4.69) is 5.32 Å². The van der Waals surface area contributed by atoms with E-state index in [0.29, 0.717) is 23.2 Å². The Morgan fingerprint density at radius 1 is 1.41 bits per heavy atom. The summed E-state index contributed by atoms with van der Waals surface area (Å²) in [6.45, 7) is 2.52. The largest absolute Gasteiger partial charge is 0.484 e. The number of alkyl halides is 1. The summed E-state index contributed by atoms with van der Waals surface area (Å²) in [4.78, 5) is 11.4. The smallest absolute Gasteiger partial charge is 0.257 e. The van der Waals surface area contributed by atoms with Gasteiger partial charge in [0.1, 0.15) is 5.75 Å². The lowest BCUT2D eigenvalue weighted by atomic mass is 10.2. The number of carbonyl (C=O) groups excluding carboxylic acids is 1. The molecule has 0 fully saturated rings. The molecule has 1 aromatic rings. The predicted octanol–water partition coefficient (Wildman–Crippen LogP) is 2.71. The highest BCUT2D eigenvalue weighted by molar-refractivity contribution is 6.30. The molecule has 1 unspecified atom stereocenters. The number of benzene rings is 1. The Balaban J connectivity index is 2.26. The Morgan fingerprint density at radius 3 is 2.65 bits per heavy atom. The van der Waals surface area contributed by atoms with Crippen molar-refractivity contribution >= 4 is 29.1 Å². The van der Waals surface area contributed by atoms with Crippen molar-refractivity contribution in [2.24, 2.45) is 5.92 Å². The van der Waals surface area contributed by atoms with Crippen LogP contribution in [0.2, 0.25) is 5.02 Å². The normalized spacial score (nSPS) is 11.9. The molecule has 94 valence electrons. The van der Waals surface area contributed by atoms with Gasteiger partial charge in [-0.15, -0.1) is 11.6 Å². The SMILES string of the molecule is CC(CCl)CNC(=O)COc1ccc(Cl)cc1. The number of hydrogen-bond donors (Lipinski definition) is 1. The molecule has 0 heterocycles. The van der Waals surface area contributed by atoms with Crippen molar-refractivity contribution in [3.8, 4) is 5.75 Å². The Labute approximate surface area is 111 Å². The molecule has 0 radical (unpaired) electrons. The topological polar surface area (TPSA) is 38.3 Å². The summed E-state index contributed by atoms with van der Waals surface area (Å²) in [5, 5.41) is 3.38. The molecule has 0 saturated carbocycles. The molecule has 0 aliphatic carbocycles. The van der Waals surface area contributed by atoms with Crippen LogP contribution in [0.1, 0.15) is 6.92 Å². The molecular weight excluding hydrogens is 261 g/mol. The van der Waals surface area contributed by atoms with Crippen molar-refractivity contribution in [2.75, 3.05) is 19.0 Å². The average molecular weight is 276 g/mol. The molecule has 0 aliphatic rings. The zero-order valence-corrected chi connectivity index (χ0v) is 11.1. The van der Waals surface area contributed by atoms with Crippen LogP contribution in [0.25, 0.3) is 0 Å². The van der Waals surface area contributed by atoms with Crippen LogP contribution in [-0.4, -0.2) is 24.9 Å². The van der Waals surface area contributed by atoms with Crippen molar-refractivity contribution in [3.63, 3.8) is 0 Å². The second-order valence-corrected chi connectivity index (χ2v) is 4.55. The summed E-state index contributed by atoms with van der Waals surface area (Å²) in [6.07, 6.45) is 0. The van der Waals surface area contributed by atoms with Gasteiger partial charge in [0.05, 0.1) is 0 Å². The molecule has 0 aliphatic heterocycles. The summed E-state index contributed by atoms with van der Waals surface area (Å²) in [5.41, 5.74) is 0. The van der Waals surface area contributed by atoms with Gasteiger partial charge in [0.15, 0.2) is 6.61 Å². The third kappa shape index (κ3) is 5.80. The van der Waals surface area contributed by atoms with Crippen molar-refractivity contribution in [1.29, 1.82) is 0 Å². The predicted molar refractivity (Wildman–Crippen MR) is 69.8 cm³/mol. The second-order valence-electron chi connectivity index (χ2n) is 3.81. The highest BCUT2D eigenvalue weighted by Gasteiger charge is 2.05. The van der Waals surface area contributed by atoms with Gasteiger partial charge in [-0.25, -0.2) is 0 Å². The quantitative estimate of drug-likeness (QED) is 0.811. The average Bonchev–Trinajstić information content (AvgIpc) is 2.35. The van der Waals surface area contributed by atoms with E-state index in [9.17, 15) is 4.79 Å². The fourth-order valence-corrected chi connectivity index (χ4v) is 1.31. The van der Waals surface area contributed by atoms with Gasteiger partial charge in [0.2, 0.25) is 0 Å². The molecule has 17 heavy (non-hydrogen) atoms. The van der Waals surface area contributed by atoms with E-state index in [1.165, 1.54) is 0 Å². The molecule has 5 heteroatoms. The van der Waals surface area contributed by atoms with Crippen molar-refractivity contribution in [2.45, 2.75) is 6.92 Å². The molecule has 0 spiro atoms. The maximum atomic E-state index is 11.4. The van der Waals surface area contributed by atoms with Crippen LogP contribution < -0.4 is 10.1 Å². The fraction of sp³-hybridized carbons (Fsp3) is 0.417. The molecule has 0 saturated heterocycles. The first kappa shape index (κ1) is 14.1. The molecule has 1 N–H and O–H groups in total. The molecule has 0 bridgehead atoms. The van der Waals surface area contributed by atoms with E-state index in [-0.39, 0.29) is 18.4 Å². The van der Waals surface area contributed by atoms with Gasteiger partial charge >= 0.3 is 0 Å². The third-order valence-corrected chi connectivity index (χ3v) is 2.87. The second kappa shape index (κ2) is 7.41. The lowest BCUT2D eigenvalue weighted by Crippen LogP contribution is -2.32. The van der Waals surface area contributed by atoms with E-state index in [0.717, 1.165) is 0 Å². The van der Waals surface area contributed by atoms with Crippen LogP contribution in [0.4, 0.5) is 0 Å². The Morgan fingerprint density at radius 2 is 2.06 bits per heavy atom. The van der Waals surface area contributed by atoms with E-state index >= 15 is 0 Å². The van der Waals surface area contributed by atoms with Gasteiger partial charge < -0.3 is 10.1 Å². The molecule has 1 aromatic carbocycles. The van der Waals surface area contributed by atoms with E-state index < -0.39 is 0 Å². The van der Waals surface area contributed by atoms with Gasteiger partial charge in [-0.3, -0.25) is 4.79 Å². The summed E-state index contributed by atoms with van der Waals surface area (Å²) in [7, 11) is 0. The number of carbonyl (C=O) groups is 1. The standard InChI is InChI=1S/C12H15Cl2NO2/c1-9(6-13)7-15-12(16)8-17-11-4-2-10(14)3-5-11/h2-5,9H,6-8H2,1H3,(H,15,16). The van der Waals surface area contributed by atoms with Crippen molar-refractivity contribution in [1.82, 2.24) is 5.32 Å². The first-order valence-corrected chi connectivity index (χ1v) is 6.24. The number of amides is 1. The van der Waals surface area contributed by atoms with Crippen LogP contribution in [0, 0.1) is 5.92 Å². The molecular formula is C12H15Cl2NO2. The van der Waals surface area contributed by atoms with Crippen molar-refractivity contribution < 1.29 is 9.53 Å². The minimum atomic E-state index is -0.156. The van der Waals surface area contributed by atoms with Crippen molar-refractivity contribution in [3.05, 3.63) is 29.3 Å². The van der Waals surface area contributed by atoms with Gasteiger partial charge in [-0.1, -0.05) is 18.5 Å². The van der Waals surface area contributed by atoms with Crippen LogP contribution >= 0.6 is 23.2 Å². The number of nitrogens with one attached hydrogen (secondary N) is 1. The molecule has 1 atom stereocenters. The number of hydrogen-bond acceptors (Lipinski definition) is 2. The lowest BCUT2D eigenvalue weighted by molar-refractivity contribution is -0.123. The monoisotopic (exact) mass is 275 g/mol. The molecule has 1 amide bonds. The molecule has 0 aromatic heterocycles. The summed E-state index contributed by atoms with van der Waals surface area (Å²) in [6, 6.07) is 6.86. The highest BCUT2D eigenvalue weighted by atomic mass is 35.5. The lowest BCUT2D eigenvalue weighted by Gasteiger charge is -2.10. The summed E-state index contributed by atoms with van der Waals surface area (Å²) < 4.78 is 5.29. The first-order chi connectivity index (χ1) is 8.11. The van der Waals surface area contributed by atoms with E-state index in [1.807, 2.05) is 6.92 Å². The maximum absolute atomic E-state index is 11.4. The fourth-order valence-electron chi connectivity index (χ4n) is 1.07. The maximum Gasteiger partial charge on any atom is 0.257 e. The van der Waals surface area contributed by atoms with E-state index in [4.69, 9.17) is 27.9 Å². The minimum absolute atomic E-state index is 0.00334. The zero-order valence-electron chi connectivity index (χ0n) is 9.58. The first-order valence-electron chi connectivity index (χ1n) is 5.33.